The highest BCUT2D eigenvalue weighted by Crippen LogP contribution is 2.36. The van der Waals surface area contributed by atoms with Crippen LogP contribution in [-0.4, -0.2) is 44.7 Å². The van der Waals surface area contributed by atoms with Crippen molar-refractivity contribution in [2.45, 2.75) is 20.8 Å². The summed E-state index contributed by atoms with van der Waals surface area (Å²) in [5.41, 5.74) is 0.744. The first kappa shape index (κ1) is 25.0. The van der Waals surface area contributed by atoms with Gasteiger partial charge < -0.3 is 24.8 Å². The summed E-state index contributed by atoms with van der Waals surface area (Å²) in [7, 11) is 1.42. The van der Waals surface area contributed by atoms with Gasteiger partial charge in [0, 0.05) is 6.54 Å². The second kappa shape index (κ2) is 12.0. The molecule has 172 valence electrons. The van der Waals surface area contributed by atoms with Crippen molar-refractivity contribution in [1.82, 2.24) is 5.32 Å². The van der Waals surface area contributed by atoms with Crippen LogP contribution in [0.1, 0.15) is 41.5 Å². The fourth-order valence-corrected chi connectivity index (χ4v) is 2.97. The Morgan fingerprint density at radius 2 is 1.84 bits per heavy atom. The minimum Gasteiger partial charge on any atom is -0.493 e. The molecule has 0 unspecified atom stereocenters. The number of ether oxygens (including phenoxy) is 3. The maximum absolute atomic E-state index is 12.4. The summed E-state index contributed by atoms with van der Waals surface area (Å²) in [4.78, 5) is 37.1. The van der Waals surface area contributed by atoms with E-state index in [1.54, 1.807) is 31.2 Å². The number of methoxy groups -OCH3 is 1. The molecule has 2 amide bonds. The van der Waals surface area contributed by atoms with Gasteiger partial charge in [-0.25, -0.2) is 4.79 Å². The van der Waals surface area contributed by atoms with Gasteiger partial charge >= 0.3 is 5.97 Å². The molecule has 0 atom stereocenters. The third-order valence-electron chi connectivity index (χ3n) is 4.20. The van der Waals surface area contributed by atoms with E-state index in [1.807, 2.05) is 13.8 Å². The lowest BCUT2D eigenvalue weighted by atomic mass is 10.1. The SMILES string of the molecule is CCOc1c(Cl)cc(C(=O)OCC(=O)Nc2ccccc2C(=O)NCC(C)C)cc1OC. The minimum atomic E-state index is -0.758. The first-order valence-electron chi connectivity index (χ1n) is 10.1. The third-order valence-corrected chi connectivity index (χ3v) is 4.49. The normalized spacial score (nSPS) is 10.4. The average molecular weight is 463 g/mol. The number of esters is 1. The molecule has 0 saturated carbocycles. The quantitative estimate of drug-likeness (QED) is 0.518. The Morgan fingerprint density at radius 3 is 2.50 bits per heavy atom. The van der Waals surface area contributed by atoms with E-state index < -0.39 is 18.5 Å². The molecule has 0 fully saturated rings. The summed E-state index contributed by atoms with van der Waals surface area (Å²) in [6, 6.07) is 9.39. The van der Waals surface area contributed by atoms with Crippen LogP contribution in [0, 0.1) is 5.92 Å². The zero-order valence-electron chi connectivity index (χ0n) is 18.5. The first-order chi connectivity index (χ1) is 15.3. The van der Waals surface area contributed by atoms with Crippen molar-refractivity contribution in [3.05, 3.63) is 52.5 Å². The largest absolute Gasteiger partial charge is 0.493 e. The van der Waals surface area contributed by atoms with Gasteiger partial charge in [0.2, 0.25) is 0 Å². The summed E-state index contributed by atoms with van der Waals surface area (Å²) in [5, 5.41) is 5.59. The Labute approximate surface area is 192 Å². The van der Waals surface area contributed by atoms with Gasteiger partial charge in [-0.1, -0.05) is 37.6 Å². The lowest BCUT2D eigenvalue weighted by Crippen LogP contribution is -2.29. The van der Waals surface area contributed by atoms with Gasteiger partial charge in [0.15, 0.2) is 18.1 Å². The molecule has 0 saturated heterocycles. The van der Waals surface area contributed by atoms with Crippen molar-refractivity contribution in [2.75, 3.05) is 32.2 Å². The van der Waals surface area contributed by atoms with Gasteiger partial charge in [0.1, 0.15) is 0 Å². The summed E-state index contributed by atoms with van der Waals surface area (Å²) >= 11 is 6.17. The van der Waals surface area contributed by atoms with E-state index in [9.17, 15) is 14.4 Å². The van der Waals surface area contributed by atoms with E-state index in [1.165, 1.54) is 19.2 Å². The maximum Gasteiger partial charge on any atom is 0.338 e. The van der Waals surface area contributed by atoms with Gasteiger partial charge in [-0.2, -0.15) is 0 Å². The molecule has 0 heterocycles. The fourth-order valence-electron chi connectivity index (χ4n) is 2.70. The molecule has 0 aromatic heterocycles. The van der Waals surface area contributed by atoms with Crippen LogP contribution in [0.5, 0.6) is 11.5 Å². The van der Waals surface area contributed by atoms with Crippen LogP contribution >= 0.6 is 11.6 Å². The van der Waals surface area contributed by atoms with Crippen LogP contribution in [-0.2, 0) is 9.53 Å². The van der Waals surface area contributed by atoms with Crippen molar-refractivity contribution in [3.8, 4) is 11.5 Å². The molecule has 9 heteroatoms. The van der Waals surface area contributed by atoms with Gasteiger partial charge in [-0.15, -0.1) is 0 Å². The van der Waals surface area contributed by atoms with Crippen molar-refractivity contribution in [1.29, 1.82) is 0 Å². The Bertz CT molecular complexity index is 977. The van der Waals surface area contributed by atoms with Gasteiger partial charge in [-0.3, -0.25) is 9.59 Å². The smallest absolute Gasteiger partial charge is 0.338 e. The number of para-hydroxylation sites is 1. The third kappa shape index (κ3) is 6.88. The second-order valence-electron chi connectivity index (χ2n) is 7.20. The summed E-state index contributed by atoms with van der Waals surface area (Å²) in [6.07, 6.45) is 0. The first-order valence-corrected chi connectivity index (χ1v) is 10.5. The standard InChI is InChI=1S/C23H27ClN2O6/c1-5-31-21-17(24)10-15(11-19(21)30-4)23(29)32-13-20(27)26-18-9-7-6-8-16(18)22(28)25-12-14(2)3/h6-11,14H,5,12-13H2,1-4H3,(H,25,28)(H,26,27). The Morgan fingerprint density at radius 1 is 1.12 bits per heavy atom. The number of amides is 2. The Balaban J connectivity index is 2.03. The number of rotatable bonds is 10. The monoisotopic (exact) mass is 462 g/mol. The fraction of sp³-hybridized carbons (Fsp3) is 0.348. The molecule has 8 nitrogen and oxygen atoms in total. The molecule has 0 aliphatic heterocycles. The van der Waals surface area contributed by atoms with E-state index in [0.29, 0.717) is 30.2 Å². The maximum atomic E-state index is 12.4. The number of hydrogen-bond donors (Lipinski definition) is 2. The lowest BCUT2D eigenvalue weighted by Gasteiger charge is -2.14. The summed E-state index contributed by atoms with van der Waals surface area (Å²) in [6.45, 7) is 6.09. The molecular formula is C23H27ClN2O6. The van der Waals surface area contributed by atoms with E-state index in [2.05, 4.69) is 10.6 Å². The predicted molar refractivity (Wildman–Crippen MR) is 122 cm³/mol. The van der Waals surface area contributed by atoms with Crippen molar-refractivity contribution in [3.63, 3.8) is 0 Å². The number of hydrogen-bond acceptors (Lipinski definition) is 6. The van der Waals surface area contributed by atoms with Gasteiger partial charge in [-0.05, 0) is 37.1 Å². The zero-order valence-corrected chi connectivity index (χ0v) is 19.2. The number of anilines is 1. The molecule has 0 aliphatic rings. The Kier molecular flexibility index (Phi) is 9.34. The molecule has 2 N–H and O–H groups in total. The lowest BCUT2D eigenvalue weighted by molar-refractivity contribution is -0.119. The van der Waals surface area contributed by atoms with Gasteiger partial charge in [0.25, 0.3) is 11.8 Å². The van der Waals surface area contributed by atoms with Crippen LogP contribution in [0.25, 0.3) is 0 Å². The van der Waals surface area contributed by atoms with Crippen molar-refractivity contribution in [2.24, 2.45) is 5.92 Å². The van der Waals surface area contributed by atoms with Crippen LogP contribution < -0.4 is 20.1 Å². The zero-order chi connectivity index (χ0) is 23.7. The molecule has 2 aromatic carbocycles. The Hall–Kier alpha value is -3.26. The molecule has 0 radical (unpaired) electrons. The number of nitrogens with one attached hydrogen (secondary N) is 2. The summed E-state index contributed by atoms with van der Waals surface area (Å²) in [5.74, 6) is -0.772. The molecule has 2 rings (SSSR count). The van der Waals surface area contributed by atoms with Crippen molar-refractivity contribution >= 4 is 35.1 Å². The van der Waals surface area contributed by atoms with Gasteiger partial charge in [0.05, 0.1) is 35.6 Å². The van der Waals surface area contributed by atoms with E-state index >= 15 is 0 Å². The molecular weight excluding hydrogens is 436 g/mol. The van der Waals surface area contributed by atoms with E-state index in [0.717, 1.165) is 0 Å². The molecule has 0 bridgehead atoms. The highest BCUT2D eigenvalue weighted by molar-refractivity contribution is 6.32. The summed E-state index contributed by atoms with van der Waals surface area (Å²) < 4.78 is 15.7. The van der Waals surface area contributed by atoms with Crippen LogP contribution in [0.4, 0.5) is 5.69 Å². The predicted octanol–water partition coefficient (Wildman–Crippen LogP) is 3.93. The molecule has 0 spiro atoms. The number of carbonyl (C=O) groups excluding carboxylic acids is 3. The molecule has 32 heavy (non-hydrogen) atoms. The number of benzene rings is 2. The molecule has 2 aromatic rings. The van der Waals surface area contributed by atoms with Crippen LogP contribution in [0.2, 0.25) is 5.02 Å². The topological polar surface area (TPSA) is 103 Å². The van der Waals surface area contributed by atoms with Crippen molar-refractivity contribution < 1.29 is 28.6 Å². The number of carbonyl (C=O) groups is 3. The van der Waals surface area contributed by atoms with E-state index in [-0.39, 0.29) is 28.2 Å². The number of halogens is 1. The second-order valence-corrected chi connectivity index (χ2v) is 7.60. The highest BCUT2D eigenvalue weighted by atomic mass is 35.5. The van der Waals surface area contributed by atoms with Crippen LogP contribution in [0.15, 0.2) is 36.4 Å². The minimum absolute atomic E-state index is 0.108. The average Bonchev–Trinajstić information content (AvgIpc) is 2.77. The van der Waals surface area contributed by atoms with E-state index in [4.69, 9.17) is 25.8 Å². The van der Waals surface area contributed by atoms with Crippen LogP contribution in [0.3, 0.4) is 0 Å². The highest BCUT2D eigenvalue weighted by Gasteiger charge is 2.18. The molecule has 0 aliphatic carbocycles.